The minimum absolute atomic E-state index is 0.259. The fourth-order valence-corrected chi connectivity index (χ4v) is 2.79. The second-order valence-electron chi connectivity index (χ2n) is 5.82. The van der Waals surface area contributed by atoms with Gasteiger partial charge in [-0.05, 0) is 18.4 Å². The van der Waals surface area contributed by atoms with Crippen molar-refractivity contribution < 1.29 is 4.79 Å². The first-order valence-corrected chi connectivity index (χ1v) is 8.36. The predicted molar refractivity (Wildman–Crippen MR) is 90.2 cm³/mol. The predicted octanol–water partition coefficient (Wildman–Crippen LogP) is 5.04. The molecule has 0 aliphatic heterocycles. The molecule has 0 aliphatic carbocycles. The monoisotopic (exact) mass is 298 g/mol. The summed E-state index contributed by atoms with van der Waals surface area (Å²) >= 11 is 0. The van der Waals surface area contributed by atoms with Crippen LogP contribution in [0.5, 0.6) is 0 Å². The Labute approximate surface area is 133 Å². The maximum Gasteiger partial charge on any atom is 0.162 e. The second-order valence-corrected chi connectivity index (χ2v) is 5.82. The molecule has 0 N–H and O–H groups in total. The molecule has 3 heteroatoms. The molecule has 1 unspecified atom stereocenters. The zero-order valence-electron chi connectivity index (χ0n) is 13.7. The summed E-state index contributed by atoms with van der Waals surface area (Å²) in [5.74, 6) is 0.259. The van der Waals surface area contributed by atoms with Crippen LogP contribution in [0.3, 0.4) is 0 Å². The molecular formula is C19H26N2O. The molecule has 0 bridgehead atoms. The smallest absolute Gasteiger partial charge is 0.162 e. The minimum atomic E-state index is 0.259. The zero-order valence-corrected chi connectivity index (χ0v) is 13.7. The molecule has 0 saturated carbocycles. The van der Waals surface area contributed by atoms with Crippen LogP contribution in [-0.4, -0.2) is 15.3 Å². The van der Waals surface area contributed by atoms with Gasteiger partial charge in [0, 0.05) is 24.4 Å². The molecule has 2 aromatic rings. The van der Waals surface area contributed by atoms with E-state index < -0.39 is 0 Å². The van der Waals surface area contributed by atoms with E-state index in [-0.39, 0.29) is 5.78 Å². The molecule has 1 atom stereocenters. The first kappa shape index (κ1) is 16.5. The number of ketones is 1. The number of unbranched alkanes of at least 4 members (excludes halogenated alkanes) is 2. The first-order chi connectivity index (χ1) is 10.8. The van der Waals surface area contributed by atoms with E-state index in [0.717, 1.165) is 37.7 Å². The third kappa shape index (κ3) is 4.30. The van der Waals surface area contributed by atoms with Crippen LogP contribution in [0.1, 0.15) is 74.3 Å². The highest BCUT2D eigenvalue weighted by Gasteiger charge is 2.13. The highest BCUT2D eigenvalue weighted by molar-refractivity contribution is 5.96. The van der Waals surface area contributed by atoms with Crippen LogP contribution >= 0.6 is 0 Å². The molecule has 1 aromatic heterocycles. The van der Waals surface area contributed by atoms with Crippen molar-refractivity contribution >= 4 is 5.78 Å². The number of imidazole rings is 1. The Morgan fingerprint density at radius 3 is 2.50 bits per heavy atom. The van der Waals surface area contributed by atoms with Crippen molar-refractivity contribution in [1.82, 2.24) is 9.55 Å². The highest BCUT2D eigenvalue weighted by Crippen LogP contribution is 2.24. The lowest BCUT2D eigenvalue weighted by Crippen LogP contribution is -2.09. The first-order valence-electron chi connectivity index (χ1n) is 8.36. The van der Waals surface area contributed by atoms with Crippen LogP contribution < -0.4 is 0 Å². The number of nitrogens with zero attached hydrogens (tertiary/aromatic N) is 2. The summed E-state index contributed by atoms with van der Waals surface area (Å²) in [4.78, 5) is 16.3. The maximum absolute atomic E-state index is 12.1. The van der Waals surface area contributed by atoms with Gasteiger partial charge in [-0.1, -0.05) is 57.4 Å². The highest BCUT2D eigenvalue weighted by atomic mass is 16.1. The molecular weight excluding hydrogens is 272 g/mol. The largest absolute Gasteiger partial charge is 0.330 e. The SMILES string of the molecule is CCCCCC(=O)c1ccc(C(CCC)n2ccnc2)cc1. The van der Waals surface area contributed by atoms with E-state index in [0.29, 0.717) is 12.5 Å². The summed E-state index contributed by atoms with van der Waals surface area (Å²) in [6.07, 6.45) is 11.8. The quantitative estimate of drug-likeness (QED) is 0.480. The van der Waals surface area contributed by atoms with Gasteiger partial charge in [0.05, 0.1) is 12.4 Å². The molecule has 0 amide bonds. The summed E-state index contributed by atoms with van der Waals surface area (Å²) in [5.41, 5.74) is 2.07. The second kappa shape index (κ2) is 8.52. The number of rotatable bonds is 9. The third-order valence-corrected chi connectivity index (χ3v) is 4.07. The van der Waals surface area contributed by atoms with Gasteiger partial charge in [0.2, 0.25) is 0 Å². The number of Topliss-reactive ketones (excluding diaryl/α,β-unsaturated/α-hetero) is 1. The lowest BCUT2D eigenvalue weighted by molar-refractivity contribution is 0.0979. The van der Waals surface area contributed by atoms with E-state index in [9.17, 15) is 4.79 Å². The number of benzene rings is 1. The fourth-order valence-electron chi connectivity index (χ4n) is 2.79. The van der Waals surface area contributed by atoms with E-state index in [4.69, 9.17) is 0 Å². The number of hydrogen-bond acceptors (Lipinski definition) is 2. The average molecular weight is 298 g/mol. The van der Waals surface area contributed by atoms with Gasteiger partial charge in [0.1, 0.15) is 0 Å². The summed E-state index contributed by atoms with van der Waals surface area (Å²) < 4.78 is 2.14. The summed E-state index contributed by atoms with van der Waals surface area (Å²) in [5, 5.41) is 0. The van der Waals surface area contributed by atoms with Crippen molar-refractivity contribution in [2.24, 2.45) is 0 Å². The normalized spacial score (nSPS) is 12.3. The topological polar surface area (TPSA) is 34.9 Å². The summed E-state index contributed by atoms with van der Waals surface area (Å²) in [6, 6.07) is 8.43. The lowest BCUT2D eigenvalue weighted by atomic mass is 9.98. The maximum atomic E-state index is 12.1. The van der Waals surface area contributed by atoms with Crippen LogP contribution in [0.25, 0.3) is 0 Å². The van der Waals surface area contributed by atoms with Gasteiger partial charge < -0.3 is 4.57 Å². The van der Waals surface area contributed by atoms with Crippen molar-refractivity contribution in [1.29, 1.82) is 0 Å². The Kier molecular flexibility index (Phi) is 6.38. The van der Waals surface area contributed by atoms with Crippen LogP contribution in [-0.2, 0) is 0 Å². The molecule has 0 fully saturated rings. The summed E-state index contributed by atoms with van der Waals surface area (Å²) in [7, 11) is 0. The van der Waals surface area contributed by atoms with Gasteiger partial charge in [0.25, 0.3) is 0 Å². The molecule has 1 aromatic carbocycles. The molecule has 0 saturated heterocycles. The molecule has 0 spiro atoms. The van der Waals surface area contributed by atoms with Crippen molar-refractivity contribution in [3.8, 4) is 0 Å². The van der Waals surface area contributed by atoms with E-state index in [1.165, 1.54) is 5.56 Å². The van der Waals surface area contributed by atoms with Crippen molar-refractivity contribution in [3.05, 3.63) is 54.1 Å². The Hall–Kier alpha value is -1.90. The Morgan fingerprint density at radius 1 is 1.14 bits per heavy atom. The zero-order chi connectivity index (χ0) is 15.8. The number of carbonyl (C=O) groups excluding carboxylic acids is 1. The Balaban J connectivity index is 2.08. The van der Waals surface area contributed by atoms with Crippen molar-refractivity contribution in [3.63, 3.8) is 0 Å². The van der Waals surface area contributed by atoms with Gasteiger partial charge in [-0.2, -0.15) is 0 Å². The molecule has 0 aliphatic rings. The molecule has 1 heterocycles. The number of aromatic nitrogens is 2. The van der Waals surface area contributed by atoms with E-state index in [1.807, 2.05) is 30.9 Å². The van der Waals surface area contributed by atoms with Crippen LogP contribution in [0, 0.1) is 0 Å². The molecule has 3 nitrogen and oxygen atoms in total. The number of carbonyl (C=O) groups is 1. The standard InChI is InChI=1S/C19H26N2O/c1-3-5-6-8-19(22)17-11-9-16(10-12-17)18(7-4-2)21-14-13-20-15-21/h9-15,18H,3-8H2,1-2H3. The fraction of sp³-hybridized carbons (Fsp3) is 0.474. The van der Waals surface area contributed by atoms with Gasteiger partial charge >= 0.3 is 0 Å². The average Bonchev–Trinajstić information content (AvgIpc) is 3.07. The van der Waals surface area contributed by atoms with Crippen LogP contribution in [0.2, 0.25) is 0 Å². The molecule has 118 valence electrons. The molecule has 0 radical (unpaired) electrons. The summed E-state index contributed by atoms with van der Waals surface area (Å²) in [6.45, 7) is 4.35. The molecule has 22 heavy (non-hydrogen) atoms. The molecule has 2 rings (SSSR count). The Bertz CT molecular complexity index is 558. The third-order valence-electron chi connectivity index (χ3n) is 4.07. The van der Waals surface area contributed by atoms with Gasteiger partial charge in [-0.25, -0.2) is 4.98 Å². The van der Waals surface area contributed by atoms with Gasteiger partial charge in [-0.3, -0.25) is 4.79 Å². The Morgan fingerprint density at radius 2 is 1.91 bits per heavy atom. The number of hydrogen-bond donors (Lipinski definition) is 0. The van der Waals surface area contributed by atoms with E-state index >= 15 is 0 Å². The minimum Gasteiger partial charge on any atom is -0.330 e. The van der Waals surface area contributed by atoms with Crippen molar-refractivity contribution in [2.45, 2.75) is 58.4 Å². The van der Waals surface area contributed by atoms with E-state index in [1.54, 1.807) is 0 Å². The van der Waals surface area contributed by atoms with Gasteiger partial charge in [0.15, 0.2) is 5.78 Å². The van der Waals surface area contributed by atoms with Crippen LogP contribution in [0.15, 0.2) is 43.0 Å². The van der Waals surface area contributed by atoms with Crippen LogP contribution in [0.4, 0.5) is 0 Å². The van der Waals surface area contributed by atoms with E-state index in [2.05, 4.69) is 35.5 Å². The lowest BCUT2D eigenvalue weighted by Gasteiger charge is -2.18. The van der Waals surface area contributed by atoms with Crippen molar-refractivity contribution in [2.75, 3.05) is 0 Å². The van der Waals surface area contributed by atoms with Gasteiger partial charge in [-0.15, -0.1) is 0 Å².